The molecule has 0 unspecified atom stereocenters. The number of nitrogens with zero attached hydrogens (tertiary/aromatic N) is 1. The van der Waals surface area contributed by atoms with Crippen LogP contribution in [0.2, 0.25) is 0 Å². The third-order valence-corrected chi connectivity index (χ3v) is 5.28. The first kappa shape index (κ1) is 21.2. The van der Waals surface area contributed by atoms with Gasteiger partial charge in [0.15, 0.2) is 0 Å². The van der Waals surface area contributed by atoms with Crippen LogP contribution in [0.5, 0.6) is 11.5 Å². The Bertz CT molecular complexity index is 1190. The molecule has 0 saturated heterocycles. The zero-order valence-electron chi connectivity index (χ0n) is 18.4. The van der Waals surface area contributed by atoms with Crippen molar-refractivity contribution in [3.05, 3.63) is 89.1 Å². The number of carbonyl (C=O) groups is 2. The van der Waals surface area contributed by atoms with Gasteiger partial charge < -0.3 is 14.8 Å². The molecule has 0 spiro atoms. The quantitative estimate of drug-likeness (QED) is 0.576. The molecule has 0 radical (unpaired) electrons. The summed E-state index contributed by atoms with van der Waals surface area (Å²) in [4.78, 5) is 28.2. The van der Waals surface area contributed by atoms with Gasteiger partial charge in [-0.3, -0.25) is 9.59 Å². The highest BCUT2D eigenvalue weighted by atomic mass is 16.5. The Labute approximate surface area is 187 Å². The number of rotatable bonds is 6. The molecule has 1 heterocycles. The highest BCUT2D eigenvalue weighted by molar-refractivity contribution is 6.46. The SMILES string of the molecule is COc1ccc(C2=C(Nc3cc(C)cc(C)c3)C(=O)N(c3ccc(OC)cc3)C2=O)cc1. The van der Waals surface area contributed by atoms with Crippen LogP contribution in [-0.2, 0) is 9.59 Å². The van der Waals surface area contributed by atoms with Gasteiger partial charge in [0.1, 0.15) is 17.2 Å². The van der Waals surface area contributed by atoms with Crippen LogP contribution in [0, 0.1) is 13.8 Å². The standard InChI is InChI=1S/C26H24N2O4/c1-16-13-17(2)15-19(14-16)27-24-23(18-5-9-21(31-3)10-6-18)25(29)28(26(24)30)20-7-11-22(32-4)12-8-20/h5-15,27H,1-4H3. The second kappa shape index (κ2) is 8.59. The zero-order chi connectivity index (χ0) is 22.8. The van der Waals surface area contributed by atoms with Gasteiger partial charge in [0.05, 0.1) is 25.5 Å². The lowest BCUT2D eigenvalue weighted by Crippen LogP contribution is -2.32. The zero-order valence-corrected chi connectivity index (χ0v) is 18.4. The number of aryl methyl sites for hydroxylation is 2. The summed E-state index contributed by atoms with van der Waals surface area (Å²) in [6, 6.07) is 19.9. The summed E-state index contributed by atoms with van der Waals surface area (Å²) < 4.78 is 10.4. The highest BCUT2D eigenvalue weighted by Crippen LogP contribution is 2.35. The number of hydrogen-bond acceptors (Lipinski definition) is 5. The summed E-state index contributed by atoms with van der Waals surface area (Å²) in [5, 5.41) is 3.21. The fourth-order valence-corrected chi connectivity index (χ4v) is 3.83. The lowest BCUT2D eigenvalue weighted by Gasteiger charge is -2.16. The minimum Gasteiger partial charge on any atom is -0.497 e. The van der Waals surface area contributed by atoms with Gasteiger partial charge in [-0.05, 0) is 79.1 Å². The summed E-state index contributed by atoms with van der Waals surface area (Å²) in [5.41, 5.74) is 4.52. The molecule has 0 saturated carbocycles. The number of benzene rings is 3. The first-order valence-corrected chi connectivity index (χ1v) is 10.2. The van der Waals surface area contributed by atoms with Crippen molar-refractivity contribution in [3.63, 3.8) is 0 Å². The van der Waals surface area contributed by atoms with E-state index in [0.29, 0.717) is 28.3 Å². The number of hydrogen-bond donors (Lipinski definition) is 1. The average Bonchev–Trinajstić information content (AvgIpc) is 3.02. The van der Waals surface area contributed by atoms with E-state index in [-0.39, 0.29) is 5.70 Å². The molecule has 1 N–H and O–H groups in total. The van der Waals surface area contributed by atoms with Crippen LogP contribution in [0.25, 0.3) is 5.57 Å². The number of carbonyl (C=O) groups excluding carboxylic acids is 2. The van der Waals surface area contributed by atoms with Crippen LogP contribution >= 0.6 is 0 Å². The van der Waals surface area contributed by atoms with E-state index in [2.05, 4.69) is 11.4 Å². The number of amides is 2. The van der Waals surface area contributed by atoms with Gasteiger partial charge in [0, 0.05) is 5.69 Å². The van der Waals surface area contributed by atoms with Crippen molar-refractivity contribution >= 4 is 28.8 Å². The van der Waals surface area contributed by atoms with Gasteiger partial charge in [0.2, 0.25) is 0 Å². The van der Waals surface area contributed by atoms with E-state index in [9.17, 15) is 9.59 Å². The van der Waals surface area contributed by atoms with Crippen molar-refractivity contribution < 1.29 is 19.1 Å². The maximum absolute atomic E-state index is 13.5. The molecule has 1 aliphatic rings. The number of ether oxygens (including phenoxy) is 2. The van der Waals surface area contributed by atoms with Crippen LogP contribution in [0.4, 0.5) is 11.4 Å². The molecular formula is C26H24N2O4. The van der Waals surface area contributed by atoms with Crippen molar-refractivity contribution in [3.8, 4) is 11.5 Å². The van der Waals surface area contributed by atoms with E-state index in [1.807, 2.05) is 26.0 Å². The Morgan fingerprint density at radius 1 is 0.719 bits per heavy atom. The van der Waals surface area contributed by atoms with E-state index in [1.54, 1.807) is 62.8 Å². The third-order valence-electron chi connectivity index (χ3n) is 5.28. The molecule has 2 amide bonds. The van der Waals surface area contributed by atoms with Crippen LogP contribution < -0.4 is 19.7 Å². The van der Waals surface area contributed by atoms with E-state index >= 15 is 0 Å². The molecule has 162 valence electrons. The molecule has 3 aromatic carbocycles. The predicted octanol–water partition coefficient (Wildman–Crippen LogP) is 4.72. The molecule has 0 bridgehead atoms. The number of nitrogens with one attached hydrogen (secondary N) is 1. The molecule has 0 atom stereocenters. The van der Waals surface area contributed by atoms with Gasteiger partial charge in [0.25, 0.3) is 11.8 Å². The fraction of sp³-hybridized carbons (Fsp3) is 0.154. The van der Waals surface area contributed by atoms with Crippen molar-refractivity contribution in [2.75, 3.05) is 24.4 Å². The minimum atomic E-state index is -0.412. The maximum atomic E-state index is 13.5. The number of imide groups is 1. The second-order valence-corrected chi connectivity index (χ2v) is 7.62. The van der Waals surface area contributed by atoms with Crippen molar-refractivity contribution in [1.82, 2.24) is 0 Å². The van der Waals surface area contributed by atoms with Gasteiger partial charge in [-0.25, -0.2) is 4.90 Å². The van der Waals surface area contributed by atoms with Gasteiger partial charge in [-0.15, -0.1) is 0 Å². The number of anilines is 2. The molecule has 3 aromatic rings. The summed E-state index contributed by atoms with van der Waals surface area (Å²) in [5.74, 6) is 0.508. The minimum absolute atomic E-state index is 0.237. The van der Waals surface area contributed by atoms with Crippen molar-refractivity contribution in [1.29, 1.82) is 0 Å². The molecule has 0 fully saturated rings. The number of methoxy groups -OCH3 is 2. The van der Waals surface area contributed by atoms with Crippen LogP contribution in [0.15, 0.2) is 72.4 Å². The Morgan fingerprint density at radius 3 is 1.78 bits per heavy atom. The molecule has 32 heavy (non-hydrogen) atoms. The first-order chi connectivity index (χ1) is 15.4. The molecule has 0 aromatic heterocycles. The van der Waals surface area contributed by atoms with Crippen LogP contribution in [-0.4, -0.2) is 26.0 Å². The topological polar surface area (TPSA) is 67.9 Å². The largest absolute Gasteiger partial charge is 0.497 e. The molecule has 0 aliphatic carbocycles. The van der Waals surface area contributed by atoms with Crippen molar-refractivity contribution in [2.45, 2.75) is 13.8 Å². The average molecular weight is 428 g/mol. The Kier molecular flexibility index (Phi) is 5.69. The lowest BCUT2D eigenvalue weighted by molar-refractivity contribution is -0.120. The van der Waals surface area contributed by atoms with Crippen LogP contribution in [0.3, 0.4) is 0 Å². The normalized spacial score (nSPS) is 13.6. The Hall–Kier alpha value is -4.06. The fourth-order valence-electron chi connectivity index (χ4n) is 3.83. The smallest absolute Gasteiger partial charge is 0.282 e. The van der Waals surface area contributed by atoms with Crippen LogP contribution in [0.1, 0.15) is 16.7 Å². The van der Waals surface area contributed by atoms with Crippen molar-refractivity contribution in [2.24, 2.45) is 0 Å². The second-order valence-electron chi connectivity index (χ2n) is 7.62. The predicted molar refractivity (Wildman–Crippen MR) is 125 cm³/mol. The van der Waals surface area contributed by atoms with E-state index in [0.717, 1.165) is 16.8 Å². The van der Waals surface area contributed by atoms with Gasteiger partial charge in [-0.1, -0.05) is 18.2 Å². The molecular weight excluding hydrogens is 404 g/mol. The summed E-state index contributed by atoms with van der Waals surface area (Å²) in [6.07, 6.45) is 0. The summed E-state index contributed by atoms with van der Waals surface area (Å²) in [7, 11) is 3.15. The molecule has 4 rings (SSSR count). The lowest BCUT2D eigenvalue weighted by atomic mass is 10.0. The van der Waals surface area contributed by atoms with E-state index in [1.165, 1.54) is 4.90 Å². The van der Waals surface area contributed by atoms with Gasteiger partial charge in [-0.2, -0.15) is 0 Å². The maximum Gasteiger partial charge on any atom is 0.282 e. The van der Waals surface area contributed by atoms with E-state index in [4.69, 9.17) is 9.47 Å². The first-order valence-electron chi connectivity index (χ1n) is 10.2. The van der Waals surface area contributed by atoms with E-state index < -0.39 is 11.8 Å². The third kappa shape index (κ3) is 3.95. The Morgan fingerprint density at radius 2 is 1.25 bits per heavy atom. The Balaban J connectivity index is 1.80. The summed E-state index contributed by atoms with van der Waals surface area (Å²) in [6.45, 7) is 3.98. The molecule has 1 aliphatic heterocycles. The molecule has 6 heteroatoms. The summed E-state index contributed by atoms with van der Waals surface area (Å²) >= 11 is 0. The highest BCUT2D eigenvalue weighted by Gasteiger charge is 2.40. The van der Waals surface area contributed by atoms with Gasteiger partial charge >= 0.3 is 0 Å². The monoisotopic (exact) mass is 428 g/mol. The molecule has 6 nitrogen and oxygen atoms in total.